The van der Waals surface area contributed by atoms with E-state index in [-0.39, 0.29) is 11.8 Å². The maximum Gasteiger partial charge on any atom is 0.229 e. The second kappa shape index (κ2) is 8.77. The number of carbonyl (C=O) groups excluding carboxylic acids is 1. The molecule has 0 radical (unpaired) electrons. The van der Waals surface area contributed by atoms with Gasteiger partial charge in [0.05, 0.1) is 17.3 Å². The summed E-state index contributed by atoms with van der Waals surface area (Å²) >= 11 is 0. The first-order valence-corrected chi connectivity index (χ1v) is 10.8. The number of aryl methyl sites for hydroxylation is 2. The molecule has 1 saturated heterocycles. The minimum atomic E-state index is -0.134. The number of aromatic nitrogens is 8. The van der Waals surface area contributed by atoms with Crippen molar-refractivity contribution in [2.24, 2.45) is 5.92 Å². The molecule has 33 heavy (non-hydrogen) atoms. The summed E-state index contributed by atoms with van der Waals surface area (Å²) in [5.41, 5.74) is 3.51. The number of anilines is 2. The molecular formula is C22H24N10O. The van der Waals surface area contributed by atoms with Gasteiger partial charge in [-0.25, -0.2) is 19.3 Å². The molecule has 0 bridgehead atoms. The number of amides is 1. The zero-order valence-electron chi connectivity index (χ0n) is 18.5. The lowest BCUT2D eigenvalue weighted by molar-refractivity contribution is -0.120. The van der Waals surface area contributed by atoms with Gasteiger partial charge in [-0.05, 0) is 67.4 Å². The van der Waals surface area contributed by atoms with Crippen LogP contribution < -0.4 is 10.2 Å². The minimum absolute atomic E-state index is 0.00250. The number of piperidine rings is 1. The summed E-state index contributed by atoms with van der Waals surface area (Å²) in [6, 6.07) is 11.4. The van der Waals surface area contributed by atoms with Crippen LogP contribution in [0.15, 0.2) is 49.1 Å². The zero-order valence-corrected chi connectivity index (χ0v) is 18.5. The molecule has 1 atom stereocenters. The van der Waals surface area contributed by atoms with Gasteiger partial charge < -0.3 is 10.2 Å². The van der Waals surface area contributed by atoms with Crippen molar-refractivity contribution in [3.05, 3.63) is 60.4 Å². The lowest BCUT2D eigenvalue weighted by atomic mass is 9.97. The first-order chi connectivity index (χ1) is 16.1. The lowest BCUT2D eigenvalue weighted by Gasteiger charge is -2.33. The maximum absolute atomic E-state index is 13.0. The third-order valence-electron chi connectivity index (χ3n) is 5.73. The van der Waals surface area contributed by atoms with Gasteiger partial charge in [0.15, 0.2) is 5.82 Å². The number of hydrogen-bond donors (Lipinski definition) is 1. The third kappa shape index (κ3) is 4.43. The Morgan fingerprint density at radius 2 is 1.91 bits per heavy atom. The average Bonchev–Trinajstić information content (AvgIpc) is 3.49. The summed E-state index contributed by atoms with van der Waals surface area (Å²) in [6.45, 7) is 5.40. The van der Waals surface area contributed by atoms with E-state index < -0.39 is 0 Å². The SMILES string of the molecule is Cc1cc(C)n(-c2cc(N3CCCC(C(=O)Nc4ccc(-n5cnnn5)cc4)C3)ncn2)n1. The van der Waals surface area contributed by atoms with Crippen LogP contribution >= 0.6 is 0 Å². The maximum atomic E-state index is 13.0. The summed E-state index contributed by atoms with van der Waals surface area (Å²) in [5, 5.41) is 18.7. The molecule has 4 aromatic rings. The molecular weight excluding hydrogens is 420 g/mol. The smallest absolute Gasteiger partial charge is 0.229 e. The van der Waals surface area contributed by atoms with Crippen molar-refractivity contribution < 1.29 is 4.79 Å². The van der Waals surface area contributed by atoms with Crippen LogP contribution in [0.25, 0.3) is 11.5 Å². The van der Waals surface area contributed by atoms with Crippen molar-refractivity contribution in [1.82, 2.24) is 40.0 Å². The van der Waals surface area contributed by atoms with Gasteiger partial charge in [0.1, 0.15) is 18.5 Å². The monoisotopic (exact) mass is 444 g/mol. The Balaban J connectivity index is 1.26. The number of rotatable bonds is 5. The standard InChI is InChI=1S/C22H24N10O/c1-15-10-16(2)32(27-15)21-11-20(23-13-24-21)30-9-3-4-17(12-30)22(33)26-18-5-7-19(8-6-18)31-14-25-28-29-31/h5-8,10-11,13-14,17H,3-4,9,12H2,1-2H3,(H,26,33). The fourth-order valence-corrected chi connectivity index (χ4v) is 4.11. The van der Waals surface area contributed by atoms with Crippen molar-refractivity contribution >= 4 is 17.4 Å². The van der Waals surface area contributed by atoms with E-state index in [1.165, 1.54) is 6.33 Å². The summed E-state index contributed by atoms with van der Waals surface area (Å²) in [5.74, 6) is 1.39. The van der Waals surface area contributed by atoms with E-state index in [4.69, 9.17) is 0 Å². The van der Waals surface area contributed by atoms with Gasteiger partial charge in [0.2, 0.25) is 5.91 Å². The molecule has 1 amide bonds. The topological polar surface area (TPSA) is 120 Å². The summed E-state index contributed by atoms with van der Waals surface area (Å²) in [4.78, 5) is 24.0. The van der Waals surface area contributed by atoms with Gasteiger partial charge in [-0.2, -0.15) is 5.10 Å². The van der Waals surface area contributed by atoms with Crippen molar-refractivity contribution in [3.63, 3.8) is 0 Å². The van der Waals surface area contributed by atoms with Crippen molar-refractivity contribution in [2.75, 3.05) is 23.3 Å². The predicted molar refractivity (Wildman–Crippen MR) is 121 cm³/mol. The molecule has 3 aromatic heterocycles. The summed E-state index contributed by atoms with van der Waals surface area (Å²) in [6.07, 6.45) is 4.82. The molecule has 4 heterocycles. The van der Waals surface area contributed by atoms with Crippen molar-refractivity contribution in [2.45, 2.75) is 26.7 Å². The van der Waals surface area contributed by atoms with Gasteiger partial charge >= 0.3 is 0 Å². The number of tetrazole rings is 1. The largest absolute Gasteiger partial charge is 0.356 e. The van der Waals surface area contributed by atoms with Crippen LogP contribution in [0.4, 0.5) is 11.5 Å². The number of hydrogen-bond acceptors (Lipinski definition) is 8. The molecule has 1 N–H and O–H groups in total. The summed E-state index contributed by atoms with van der Waals surface area (Å²) < 4.78 is 3.38. The van der Waals surface area contributed by atoms with Crippen LogP contribution in [0, 0.1) is 19.8 Å². The number of carbonyl (C=O) groups is 1. The Morgan fingerprint density at radius 3 is 2.64 bits per heavy atom. The fraction of sp³-hybridized carbons (Fsp3) is 0.318. The quantitative estimate of drug-likeness (QED) is 0.497. The molecule has 1 unspecified atom stereocenters. The third-order valence-corrected chi connectivity index (χ3v) is 5.73. The Morgan fingerprint density at radius 1 is 1.09 bits per heavy atom. The number of nitrogens with one attached hydrogen (secondary N) is 1. The molecule has 11 nitrogen and oxygen atoms in total. The average molecular weight is 445 g/mol. The highest BCUT2D eigenvalue weighted by Crippen LogP contribution is 2.24. The molecule has 0 spiro atoms. The Labute approximate surface area is 190 Å². The van der Waals surface area contributed by atoms with Gasteiger partial charge in [0.25, 0.3) is 0 Å². The fourth-order valence-electron chi connectivity index (χ4n) is 4.11. The van der Waals surface area contributed by atoms with Crippen LogP contribution in [-0.4, -0.2) is 59.0 Å². The van der Waals surface area contributed by atoms with E-state index >= 15 is 0 Å². The van der Waals surface area contributed by atoms with Crippen molar-refractivity contribution in [1.29, 1.82) is 0 Å². The molecule has 168 valence electrons. The van der Waals surface area contributed by atoms with E-state index in [0.717, 1.165) is 53.8 Å². The van der Waals surface area contributed by atoms with Gasteiger partial charge in [-0.15, -0.1) is 5.10 Å². The first kappa shape index (κ1) is 20.7. The molecule has 1 aliphatic rings. The van der Waals surface area contributed by atoms with Crippen molar-refractivity contribution in [3.8, 4) is 11.5 Å². The van der Waals surface area contributed by atoms with Crippen LogP contribution in [0.1, 0.15) is 24.2 Å². The molecule has 0 saturated carbocycles. The second-order valence-corrected chi connectivity index (χ2v) is 8.15. The lowest BCUT2D eigenvalue weighted by Crippen LogP contribution is -2.41. The summed E-state index contributed by atoms with van der Waals surface area (Å²) in [7, 11) is 0. The zero-order chi connectivity index (χ0) is 22.8. The highest BCUT2D eigenvalue weighted by Gasteiger charge is 2.27. The first-order valence-electron chi connectivity index (χ1n) is 10.8. The molecule has 1 aliphatic heterocycles. The highest BCUT2D eigenvalue weighted by molar-refractivity contribution is 5.93. The van der Waals surface area contributed by atoms with Gasteiger partial charge in [-0.3, -0.25) is 4.79 Å². The minimum Gasteiger partial charge on any atom is -0.356 e. The van der Waals surface area contributed by atoms with Crippen LogP contribution in [0.2, 0.25) is 0 Å². The van der Waals surface area contributed by atoms with E-state index in [2.05, 4.69) is 40.8 Å². The predicted octanol–water partition coefficient (Wildman–Crippen LogP) is 2.11. The van der Waals surface area contributed by atoms with E-state index in [0.29, 0.717) is 6.54 Å². The van der Waals surface area contributed by atoms with Crippen LogP contribution in [0.5, 0.6) is 0 Å². The van der Waals surface area contributed by atoms with Crippen LogP contribution in [-0.2, 0) is 4.79 Å². The number of benzene rings is 1. The van der Waals surface area contributed by atoms with Crippen LogP contribution in [0.3, 0.4) is 0 Å². The molecule has 1 aromatic carbocycles. The molecule has 0 aliphatic carbocycles. The van der Waals surface area contributed by atoms with E-state index in [1.807, 2.05) is 54.9 Å². The number of nitrogens with zero attached hydrogens (tertiary/aromatic N) is 9. The molecule has 11 heteroatoms. The Hall–Kier alpha value is -4.15. The molecule has 5 rings (SSSR count). The van der Waals surface area contributed by atoms with E-state index in [1.54, 1.807) is 11.0 Å². The van der Waals surface area contributed by atoms with Gasteiger partial charge in [0, 0.05) is 30.5 Å². The normalized spacial score (nSPS) is 16.1. The molecule has 1 fully saturated rings. The Kier molecular flexibility index (Phi) is 5.51. The van der Waals surface area contributed by atoms with E-state index in [9.17, 15) is 4.79 Å². The second-order valence-electron chi connectivity index (χ2n) is 8.15. The Bertz CT molecular complexity index is 1250. The van der Waals surface area contributed by atoms with Gasteiger partial charge in [-0.1, -0.05) is 0 Å². The highest BCUT2D eigenvalue weighted by atomic mass is 16.1.